The molecule has 2 saturated carbocycles. The van der Waals surface area contributed by atoms with Gasteiger partial charge in [-0.25, -0.2) is 19.9 Å². The molecule has 32 heteroatoms. The van der Waals surface area contributed by atoms with E-state index in [0.29, 0.717) is 62.5 Å². The van der Waals surface area contributed by atoms with E-state index in [2.05, 4.69) is 102 Å². The van der Waals surface area contributed by atoms with Gasteiger partial charge in [-0.2, -0.15) is 0 Å². The highest BCUT2D eigenvalue weighted by molar-refractivity contribution is 9.10. The summed E-state index contributed by atoms with van der Waals surface area (Å²) >= 11 is 9.98. The maximum atomic E-state index is 13.9. The first-order chi connectivity index (χ1) is 70.4. The monoisotopic (exact) mass is 2160 g/mol. The largest absolute Gasteiger partial charge is 0.391 e. The molecule has 7 N–H and O–H groups in total. The molecule has 2 aliphatic carbocycles. The molecule has 5 aliphatic heterocycles. The molecule has 0 radical (unpaired) electrons. The van der Waals surface area contributed by atoms with Crippen LogP contribution in [-0.2, 0) is 80.2 Å². The number of likely N-dealkylation sites (tertiary alicyclic amines) is 4. The van der Waals surface area contributed by atoms with Crippen molar-refractivity contribution in [3.8, 4) is 41.8 Å². The fourth-order valence-electron chi connectivity index (χ4n) is 21.3. The SMILES string of the molecule is Cc1ncsc1-c1ccc(CCC(=O)[C@@H]2C[C@@H](O)CN2C(=O)[C@@H](NC(=O)C(C)C)C(C)(C)C)cc1.Cc1ncsc1-c1ccc(CCC(=O)[C@@H]2C[C@@H](O)CN2C(=O)[C@@H](NC(=O)C2CCCCC2)C(C)(C)C)cc1.Cc1ncsc1-c1ccc(CCC(=O)[C@@H]2C[C@@H](O)CN2C(=O)[C@@H](NCCC(C)C)C2CCCC2)cc1.Cc1ncsc1-c1ccc(CCC(=O)[C@@H]2C[C@@H](O)CN2C(=O)[C@H](C(C)C)N2Cc3c(Br)cccc3C2=O)cc1. The molecule has 9 aromatic rings. The number of halogens is 1. The first-order valence-electron chi connectivity index (χ1n) is 52.9. The van der Waals surface area contributed by atoms with E-state index in [1.165, 1.54) is 19.6 Å². The summed E-state index contributed by atoms with van der Waals surface area (Å²) in [5, 5.41) is 51.1. The van der Waals surface area contributed by atoms with Crippen molar-refractivity contribution in [3.05, 3.63) is 198 Å². The van der Waals surface area contributed by atoms with Crippen LogP contribution in [0.1, 0.15) is 260 Å². The van der Waals surface area contributed by atoms with E-state index >= 15 is 0 Å². The molecule has 148 heavy (non-hydrogen) atoms. The molecule has 12 atom stereocenters. The fraction of sp³-hybridized carbons (Fsp3) is 0.543. The molecule has 7 aliphatic rings. The number of benzene rings is 5. The Labute approximate surface area is 897 Å². The summed E-state index contributed by atoms with van der Waals surface area (Å²) < 4.78 is 0.839. The third-order valence-electron chi connectivity index (χ3n) is 29.9. The number of aliphatic hydroxyl groups excluding tert-OH is 4. The predicted molar refractivity (Wildman–Crippen MR) is 587 cm³/mol. The minimum Gasteiger partial charge on any atom is -0.391 e. The van der Waals surface area contributed by atoms with Gasteiger partial charge in [-0.05, 0) is 183 Å². The highest BCUT2D eigenvalue weighted by Gasteiger charge is 2.50. The lowest BCUT2D eigenvalue weighted by atomic mass is 9.83. The molecule has 6 fully saturated rings. The van der Waals surface area contributed by atoms with Crippen LogP contribution in [0, 0.1) is 68.1 Å². The summed E-state index contributed by atoms with van der Waals surface area (Å²) in [7, 11) is 0. The second-order valence-corrected chi connectivity index (χ2v) is 48.7. The van der Waals surface area contributed by atoms with Gasteiger partial charge in [0.1, 0.15) is 18.1 Å². The molecule has 0 bridgehead atoms. The summed E-state index contributed by atoms with van der Waals surface area (Å²) in [6.07, 6.45) is 12.0. The number of carbonyl (C=O) groups excluding carboxylic acids is 11. The van der Waals surface area contributed by atoms with Gasteiger partial charge >= 0.3 is 0 Å². The number of rotatable bonds is 35. The van der Waals surface area contributed by atoms with Gasteiger partial charge in [-0.15, -0.1) is 45.3 Å². The minimum atomic E-state index is -0.777. The van der Waals surface area contributed by atoms with Crippen molar-refractivity contribution < 1.29 is 73.2 Å². The Bertz CT molecular complexity index is 6050. The van der Waals surface area contributed by atoms with Gasteiger partial charge in [-0.1, -0.05) is 234 Å². The number of β-amino-alcohol motifs (C(OH)–C–C–N with tert-alkyl or cyclic N) is 4. The predicted octanol–water partition coefficient (Wildman–Crippen LogP) is 18.3. The summed E-state index contributed by atoms with van der Waals surface area (Å²) in [6.45, 7) is 32.9. The summed E-state index contributed by atoms with van der Waals surface area (Å²) in [4.78, 5) is 176. The van der Waals surface area contributed by atoms with E-state index in [1.54, 1.807) is 75.1 Å². The zero-order chi connectivity index (χ0) is 107. The number of fused-ring (bicyclic) bond motifs is 1. The lowest BCUT2D eigenvalue weighted by molar-refractivity contribution is -0.144. The second-order valence-electron chi connectivity index (χ2n) is 44.5. The van der Waals surface area contributed by atoms with Crippen LogP contribution in [0.4, 0.5) is 0 Å². The standard InChI is InChI=1S/C30H32BrN3O4S.C30H41N3O4S.C29H41N3O3S.C27H37N3O4S/c1-17(2)27(34-15-23-22(29(34)37)5-4-6-24(23)31)30(38)33-14-21(35)13-25(33)26(36)12-9-19-7-10-20(11-8-19)28-18(3)32-16-39-28;1-19-26(38-18-31-19)21-13-10-20(11-14-21)12-15-25(35)24-16-23(34)17-33(24)29(37)27(30(2,3)4)32-28(36)22-8-6-5-7-9-22;1-19(2)14-15-30-27(22-6-4-5-7-22)29(35)32-17-24(33)16-25(32)26(34)13-10-21-8-11-23(12-9-21)28-20(3)31-18-36-28;1-16(2)25(33)29-24(27(4,5)6)26(34)30-14-20(31)13-21(30)22(32)12-9-18-7-10-19(11-8-18)23-17(3)28-15-35-23/h4-8,10-11,16-17,21,25,27,35H,9,12-15H2,1-3H3;10-11,13-14,18,22-24,27,34H,5-9,12,15-17H2,1-4H3,(H,32,36);8-9,11-12,18-19,22,24-25,27,30,33H,4-7,10,13-17H2,1-3H3;7-8,10-11,15-16,20-21,24,31H,9,12-14H2,1-6H3,(H,29,33)/t21-,25+,27+;23-,24+,27-;24-,25+,27+;20-,21+,24-/m1111/s1. The van der Waals surface area contributed by atoms with E-state index in [9.17, 15) is 73.2 Å². The van der Waals surface area contributed by atoms with Crippen LogP contribution in [0.2, 0.25) is 0 Å². The Morgan fingerprint density at radius 2 is 0.764 bits per heavy atom. The van der Waals surface area contributed by atoms with Crippen molar-refractivity contribution in [2.24, 2.45) is 40.4 Å². The molecular weight excluding hydrogens is 2010 g/mol. The van der Waals surface area contributed by atoms with Crippen LogP contribution >= 0.6 is 61.3 Å². The van der Waals surface area contributed by atoms with Gasteiger partial charge in [0.2, 0.25) is 35.4 Å². The molecule has 5 aromatic carbocycles. The van der Waals surface area contributed by atoms with Gasteiger partial charge in [0.05, 0.1) is 119 Å². The van der Waals surface area contributed by atoms with Crippen molar-refractivity contribution >= 4 is 126 Å². The molecule has 16 rings (SSSR count). The molecule has 27 nitrogen and oxygen atoms in total. The number of nitrogens with zero attached hydrogens (tertiary/aromatic N) is 9. The maximum Gasteiger partial charge on any atom is 0.255 e. The number of ketones is 4. The number of nitrogens with one attached hydrogen (secondary N) is 3. The number of thiazole rings is 4. The Morgan fingerprint density at radius 1 is 0.432 bits per heavy atom. The Kier molecular flexibility index (Phi) is 40.6. The van der Waals surface area contributed by atoms with Gasteiger partial charge in [-0.3, -0.25) is 52.7 Å². The molecule has 0 unspecified atom stereocenters. The average molecular weight is 2160 g/mol. The normalized spacial score (nSPS) is 20.4. The van der Waals surface area contributed by atoms with E-state index in [4.69, 9.17) is 0 Å². The van der Waals surface area contributed by atoms with Crippen LogP contribution in [0.3, 0.4) is 0 Å². The second kappa shape index (κ2) is 52.3. The zero-order valence-electron chi connectivity index (χ0n) is 88.7. The lowest BCUT2D eigenvalue weighted by Crippen LogP contribution is -2.57. The van der Waals surface area contributed by atoms with Gasteiger partial charge in [0.25, 0.3) is 5.91 Å². The first kappa shape index (κ1) is 115. The molecule has 4 saturated heterocycles. The van der Waals surface area contributed by atoms with Crippen molar-refractivity contribution in [2.45, 2.75) is 331 Å². The fourth-order valence-corrected chi connectivity index (χ4v) is 25.0. The van der Waals surface area contributed by atoms with Crippen molar-refractivity contribution in [2.75, 3.05) is 32.7 Å². The number of Topliss-reactive ketones (excluding diaryl/α,β-unsaturated/α-hetero) is 4. The first-order valence-corrected chi connectivity index (χ1v) is 57.2. The van der Waals surface area contributed by atoms with Crippen LogP contribution in [0.25, 0.3) is 41.8 Å². The molecule has 0 spiro atoms. The number of amides is 7. The highest BCUT2D eigenvalue weighted by Crippen LogP contribution is 2.40. The average Bonchev–Trinajstić information content (AvgIpc) is 1.61. The van der Waals surface area contributed by atoms with E-state index in [0.717, 1.165) is 163 Å². The van der Waals surface area contributed by atoms with Crippen LogP contribution in [0.5, 0.6) is 0 Å². The molecule has 7 amide bonds. The smallest absolute Gasteiger partial charge is 0.255 e. The van der Waals surface area contributed by atoms with Gasteiger partial charge in [0.15, 0.2) is 23.1 Å². The topological polar surface area (TPSA) is 373 Å². The van der Waals surface area contributed by atoms with Gasteiger partial charge < -0.3 is 60.9 Å². The number of aryl methyl sites for hydroxylation is 8. The number of carbonyl (C=O) groups is 11. The van der Waals surface area contributed by atoms with Crippen molar-refractivity contribution in [1.29, 1.82) is 0 Å². The van der Waals surface area contributed by atoms with E-state index < -0.39 is 77.5 Å². The van der Waals surface area contributed by atoms with Gasteiger partial charge in [0, 0.05) is 106 Å². The molecule has 4 aromatic heterocycles. The summed E-state index contributed by atoms with van der Waals surface area (Å²) in [5.41, 5.74) is 20.5. The summed E-state index contributed by atoms with van der Waals surface area (Å²) in [5.74, 6) is -1.06. The number of hydrogen-bond acceptors (Lipinski definition) is 24. The lowest BCUT2D eigenvalue weighted by Gasteiger charge is -2.36. The molecule has 796 valence electrons. The number of aliphatic hydroxyl groups is 4. The minimum absolute atomic E-state index is 0.00448. The third kappa shape index (κ3) is 29.6. The van der Waals surface area contributed by atoms with Crippen molar-refractivity contribution in [3.63, 3.8) is 0 Å². The summed E-state index contributed by atoms with van der Waals surface area (Å²) in [6, 6.07) is 33.2. The number of aromatic nitrogens is 4. The maximum absolute atomic E-state index is 13.9. The quantitative estimate of drug-likeness (QED) is 0.0194. The Balaban J connectivity index is 0.000000165. The third-order valence-corrected chi connectivity index (χ3v) is 34.6. The van der Waals surface area contributed by atoms with Crippen LogP contribution in [-0.4, -0.2) is 235 Å². The zero-order valence-corrected chi connectivity index (χ0v) is 93.6. The van der Waals surface area contributed by atoms with E-state index in [-0.39, 0.29) is 153 Å². The van der Waals surface area contributed by atoms with Crippen LogP contribution in [0.15, 0.2) is 142 Å². The highest BCUT2D eigenvalue weighted by atomic mass is 79.9. The molecular formula is C116H151BrN12O15S4. The van der Waals surface area contributed by atoms with Crippen molar-refractivity contribution in [1.82, 2.24) is 60.4 Å². The van der Waals surface area contributed by atoms with Crippen LogP contribution < -0.4 is 16.0 Å². The number of hydrogen-bond donors (Lipinski definition) is 7. The van der Waals surface area contributed by atoms with E-state index in [1.807, 2.05) is 178 Å². The Hall–Kier alpha value is -10.1. The molecule has 9 heterocycles. The Morgan fingerprint density at radius 3 is 1.07 bits per heavy atom.